The van der Waals surface area contributed by atoms with Crippen molar-refractivity contribution in [2.45, 2.75) is 19.0 Å². The molecule has 1 aromatic rings. The van der Waals surface area contributed by atoms with Crippen LogP contribution in [-0.4, -0.2) is 24.2 Å². The van der Waals surface area contributed by atoms with Crippen LogP contribution in [0.15, 0.2) is 18.2 Å². The van der Waals surface area contributed by atoms with Crippen molar-refractivity contribution in [1.29, 1.82) is 0 Å². The van der Waals surface area contributed by atoms with Crippen LogP contribution in [0.5, 0.6) is 0 Å². The van der Waals surface area contributed by atoms with Gasteiger partial charge in [0.25, 0.3) is 5.91 Å². The fraction of sp³-hybridized carbons (Fsp3) is 0.417. The molecular weight excluding hydrogens is 266 g/mol. The van der Waals surface area contributed by atoms with Crippen molar-refractivity contribution in [3.63, 3.8) is 0 Å². The Bertz CT molecular complexity index is 446. The SMILES string of the molecule is O=C(NCCCCO)c1cccc(C(F)(F)F)c1F. The summed E-state index contributed by atoms with van der Waals surface area (Å²) in [6.07, 6.45) is -3.93. The molecule has 0 aliphatic carbocycles. The zero-order chi connectivity index (χ0) is 14.5. The van der Waals surface area contributed by atoms with E-state index < -0.39 is 29.0 Å². The van der Waals surface area contributed by atoms with Crippen molar-refractivity contribution in [1.82, 2.24) is 5.32 Å². The summed E-state index contributed by atoms with van der Waals surface area (Å²) in [5, 5.41) is 10.8. The van der Waals surface area contributed by atoms with Crippen LogP contribution in [0.2, 0.25) is 0 Å². The molecule has 0 bridgehead atoms. The van der Waals surface area contributed by atoms with Crippen LogP contribution in [0.4, 0.5) is 17.6 Å². The third-order valence-corrected chi connectivity index (χ3v) is 2.42. The first kappa shape index (κ1) is 15.4. The average molecular weight is 279 g/mol. The molecule has 0 aliphatic heterocycles. The van der Waals surface area contributed by atoms with E-state index in [0.717, 1.165) is 12.1 Å². The van der Waals surface area contributed by atoms with Crippen molar-refractivity contribution in [3.8, 4) is 0 Å². The van der Waals surface area contributed by atoms with Gasteiger partial charge in [-0.2, -0.15) is 13.2 Å². The van der Waals surface area contributed by atoms with Crippen molar-refractivity contribution < 1.29 is 27.5 Å². The van der Waals surface area contributed by atoms with Crippen LogP contribution >= 0.6 is 0 Å². The minimum absolute atomic E-state index is 0.0478. The lowest BCUT2D eigenvalue weighted by Crippen LogP contribution is -2.26. The van der Waals surface area contributed by atoms with E-state index >= 15 is 0 Å². The van der Waals surface area contributed by atoms with Crippen LogP contribution in [-0.2, 0) is 6.18 Å². The van der Waals surface area contributed by atoms with Gasteiger partial charge in [-0.15, -0.1) is 0 Å². The molecule has 19 heavy (non-hydrogen) atoms. The molecule has 1 aromatic carbocycles. The zero-order valence-corrected chi connectivity index (χ0v) is 9.93. The molecule has 3 nitrogen and oxygen atoms in total. The summed E-state index contributed by atoms with van der Waals surface area (Å²) in [6.45, 7) is 0.114. The van der Waals surface area contributed by atoms with E-state index in [1.165, 1.54) is 0 Å². The number of alkyl halides is 3. The molecule has 0 aromatic heterocycles. The Hall–Kier alpha value is -1.63. The number of aliphatic hydroxyl groups excluding tert-OH is 1. The number of rotatable bonds is 5. The van der Waals surface area contributed by atoms with Gasteiger partial charge in [0.1, 0.15) is 5.82 Å². The number of benzene rings is 1. The van der Waals surface area contributed by atoms with Gasteiger partial charge in [-0.3, -0.25) is 4.79 Å². The molecule has 2 N–H and O–H groups in total. The molecule has 0 unspecified atom stereocenters. The van der Waals surface area contributed by atoms with Crippen LogP contribution in [0.25, 0.3) is 0 Å². The van der Waals surface area contributed by atoms with Crippen LogP contribution in [0.1, 0.15) is 28.8 Å². The molecule has 7 heteroatoms. The number of nitrogens with one attached hydrogen (secondary N) is 1. The summed E-state index contributed by atoms with van der Waals surface area (Å²) < 4.78 is 50.9. The minimum atomic E-state index is -4.84. The van der Waals surface area contributed by atoms with Crippen molar-refractivity contribution in [2.75, 3.05) is 13.2 Å². The lowest BCUT2D eigenvalue weighted by atomic mass is 10.1. The topological polar surface area (TPSA) is 49.3 Å². The molecule has 0 heterocycles. The highest BCUT2D eigenvalue weighted by atomic mass is 19.4. The Morgan fingerprint density at radius 2 is 1.95 bits per heavy atom. The van der Waals surface area contributed by atoms with Crippen molar-refractivity contribution >= 4 is 5.91 Å². The summed E-state index contributed by atoms with van der Waals surface area (Å²) in [7, 11) is 0. The summed E-state index contributed by atoms with van der Waals surface area (Å²) >= 11 is 0. The number of amides is 1. The van der Waals surface area contributed by atoms with Crippen LogP contribution < -0.4 is 5.32 Å². The molecule has 0 saturated heterocycles. The first-order valence-corrected chi connectivity index (χ1v) is 5.62. The highest BCUT2D eigenvalue weighted by molar-refractivity contribution is 5.94. The standard InChI is InChI=1S/C12H13F4NO2/c13-10-8(11(19)17-6-1-2-7-18)4-3-5-9(10)12(14,15)16/h3-5,18H,1-2,6-7H2,(H,17,19). The van der Waals surface area contributed by atoms with Crippen LogP contribution in [0, 0.1) is 5.82 Å². The highest BCUT2D eigenvalue weighted by Crippen LogP contribution is 2.32. The van der Waals surface area contributed by atoms with Gasteiger partial charge < -0.3 is 10.4 Å². The molecule has 0 atom stereocenters. The van der Waals surface area contributed by atoms with Crippen molar-refractivity contribution in [3.05, 3.63) is 35.1 Å². The molecule has 1 rings (SSSR count). The van der Waals surface area contributed by atoms with Gasteiger partial charge in [0.15, 0.2) is 0 Å². The maximum Gasteiger partial charge on any atom is 0.419 e. The van der Waals surface area contributed by atoms with Crippen molar-refractivity contribution in [2.24, 2.45) is 0 Å². The Labute approximate surface area is 107 Å². The second kappa shape index (κ2) is 6.51. The second-order valence-electron chi connectivity index (χ2n) is 3.85. The average Bonchev–Trinajstić information content (AvgIpc) is 2.33. The van der Waals surface area contributed by atoms with Gasteiger partial charge in [0.05, 0.1) is 11.1 Å². The molecule has 106 valence electrons. The number of carbonyl (C=O) groups is 1. The lowest BCUT2D eigenvalue weighted by molar-refractivity contribution is -0.140. The predicted octanol–water partition coefficient (Wildman–Crippen LogP) is 2.35. The largest absolute Gasteiger partial charge is 0.419 e. The Balaban J connectivity index is 2.81. The molecule has 0 radical (unpaired) electrons. The third kappa shape index (κ3) is 4.20. The smallest absolute Gasteiger partial charge is 0.396 e. The Kier molecular flexibility index (Phi) is 5.29. The van der Waals surface area contributed by atoms with E-state index in [4.69, 9.17) is 5.11 Å². The van der Waals surface area contributed by atoms with E-state index in [2.05, 4.69) is 5.32 Å². The van der Waals surface area contributed by atoms with Gasteiger partial charge in [-0.25, -0.2) is 4.39 Å². The van der Waals surface area contributed by atoms with E-state index in [1.807, 2.05) is 0 Å². The van der Waals surface area contributed by atoms with Gasteiger partial charge in [-0.05, 0) is 25.0 Å². The number of carbonyl (C=O) groups excluding carboxylic acids is 1. The number of hydrogen-bond acceptors (Lipinski definition) is 2. The Morgan fingerprint density at radius 1 is 1.26 bits per heavy atom. The van der Waals surface area contributed by atoms with E-state index in [-0.39, 0.29) is 13.2 Å². The highest BCUT2D eigenvalue weighted by Gasteiger charge is 2.35. The number of halogens is 4. The number of aliphatic hydroxyl groups is 1. The van der Waals surface area contributed by atoms with Gasteiger partial charge in [0.2, 0.25) is 0 Å². The summed E-state index contributed by atoms with van der Waals surface area (Å²) in [6, 6.07) is 2.55. The summed E-state index contributed by atoms with van der Waals surface area (Å²) in [4.78, 5) is 11.5. The molecule has 0 saturated carbocycles. The predicted molar refractivity (Wildman–Crippen MR) is 60.1 cm³/mol. The van der Waals surface area contributed by atoms with Gasteiger partial charge >= 0.3 is 6.18 Å². The number of unbranched alkanes of at least 4 members (excludes halogenated alkanes) is 1. The summed E-state index contributed by atoms with van der Waals surface area (Å²) in [5.41, 5.74) is -2.10. The Morgan fingerprint density at radius 3 is 2.53 bits per heavy atom. The van der Waals surface area contributed by atoms with Crippen LogP contribution in [0.3, 0.4) is 0 Å². The molecule has 0 aliphatic rings. The third-order valence-electron chi connectivity index (χ3n) is 2.42. The van der Waals surface area contributed by atoms with Gasteiger partial charge in [-0.1, -0.05) is 6.07 Å². The second-order valence-corrected chi connectivity index (χ2v) is 3.85. The molecule has 0 spiro atoms. The monoisotopic (exact) mass is 279 g/mol. The van der Waals surface area contributed by atoms with E-state index in [0.29, 0.717) is 18.9 Å². The maximum atomic E-state index is 13.6. The maximum absolute atomic E-state index is 13.6. The molecule has 1 amide bonds. The first-order chi connectivity index (χ1) is 8.88. The molecular formula is C12H13F4NO2. The fourth-order valence-electron chi connectivity index (χ4n) is 1.46. The van der Waals surface area contributed by atoms with E-state index in [1.54, 1.807) is 0 Å². The zero-order valence-electron chi connectivity index (χ0n) is 9.93. The van der Waals surface area contributed by atoms with E-state index in [9.17, 15) is 22.4 Å². The normalized spacial score (nSPS) is 11.4. The minimum Gasteiger partial charge on any atom is -0.396 e. The fourth-order valence-corrected chi connectivity index (χ4v) is 1.46. The number of hydrogen-bond donors (Lipinski definition) is 2. The van der Waals surface area contributed by atoms with Gasteiger partial charge in [0, 0.05) is 13.2 Å². The lowest BCUT2D eigenvalue weighted by Gasteiger charge is -2.11. The summed E-state index contributed by atoms with van der Waals surface area (Å²) in [5.74, 6) is -2.48. The first-order valence-electron chi connectivity index (χ1n) is 5.62. The molecule has 0 fully saturated rings. The quantitative estimate of drug-likeness (QED) is 0.642.